The number of rotatable bonds is 3. The van der Waals surface area contributed by atoms with Crippen LogP contribution in [0.4, 0.5) is 0 Å². The van der Waals surface area contributed by atoms with E-state index in [2.05, 4.69) is 10.3 Å². The molecule has 1 aliphatic rings. The lowest BCUT2D eigenvalue weighted by molar-refractivity contribution is 0.0695. The van der Waals surface area contributed by atoms with Crippen LogP contribution in [-0.4, -0.2) is 39.5 Å². The van der Waals surface area contributed by atoms with Crippen molar-refractivity contribution < 1.29 is 14.7 Å². The number of thioether (sulfide) groups is 1. The molecule has 0 atom stereocenters. The van der Waals surface area contributed by atoms with Crippen molar-refractivity contribution in [3.05, 3.63) is 29.6 Å². The lowest BCUT2D eigenvalue weighted by Crippen LogP contribution is -2.37. The summed E-state index contributed by atoms with van der Waals surface area (Å²) in [5.41, 5.74) is 0.346. The van der Waals surface area contributed by atoms with Crippen molar-refractivity contribution in [1.82, 2.24) is 10.3 Å². The van der Waals surface area contributed by atoms with Gasteiger partial charge < -0.3 is 10.4 Å². The molecule has 0 aliphatic carbocycles. The zero-order valence-electron chi connectivity index (χ0n) is 9.76. The van der Waals surface area contributed by atoms with Gasteiger partial charge in [0.25, 0.3) is 5.91 Å². The monoisotopic (exact) mass is 266 g/mol. The Bertz CT molecular complexity index is 441. The van der Waals surface area contributed by atoms with Gasteiger partial charge in [-0.05, 0) is 36.5 Å². The van der Waals surface area contributed by atoms with E-state index in [4.69, 9.17) is 5.11 Å². The molecule has 2 heterocycles. The van der Waals surface area contributed by atoms with Crippen LogP contribution in [0.2, 0.25) is 0 Å². The minimum Gasteiger partial charge on any atom is -0.478 e. The van der Waals surface area contributed by atoms with Crippen LogP contribution in [0.15, 0.2) is 18.3 Å². The summed E-state index contributed by atoms with van der Waals surface area (Å²) in [6, 6.07) is 3.04. The molecule has 1 aliphatic heterocycles. The average Bonchev–Trinajstić information content (AvgIpc) is 2.40. The quantitative estimate of drug-likeness (QED) is 0.864. The van der Waals surface area contributed by atoms with Gasteiger partial charge in [-0.15, -0.1) is 0 Å². The molecular formula is C12H14N2O3S. The Hall–Kier alpha value is -1.56. The Labute approximate surface area is 109 Å². The Morgan fingerprint density at radius 1 is 1.33 bits per heavy atom. The Morgan fingerprint density at radius 2 is 2.06 bits per heavy atom. The van der Waals surface area contributed by atoms with Gasteiger partial charge >= 0.3 is 5.97 Å². The zero-order chi connectivity index (χ0) is 13.0. The second kappa shape index (κ2) is 5.86. The smallest absolute Gasteiger partial charge is 0.337 e. The van der Waals surface area contributed by atoms with Gasteiger partial charge in [0.05, 0.1) is 5.56 Å². The Balaban J connectivity index is 1.97. The van der Waals surface area contributed by atoms with Gasteiger partial charge in [-0.1, -0.05) is 0 Å². The van der Waals surface area contributed by atoms with Crippen molar-refractivity contribution >= 4 is 23.6 Å². The largest absolute Gasteiger partial charge is 0.478 e. The third-order valence-electron chi connectivity index (χ3n) is 2.80. The van der Waals surface area contributed by atoms with E-state index in [1.165, 1.54) is 18.3 Å². The minimum absolute atomic E-state index is 0.0839. The maximum absolute atomic E-state index is 11.9. The van der Waals surface area contributed by atoms with Gasteiger partial charge in [0.2, 0.25) is 0 Å². The number of nitrogens with one attached hydrogen (secondary N) is 1. The number of carboxylic acid groups (broad SMARTS) is 1. The number of hydrogen-bond acceptors (Lipinski definition) is 4. The van der Waals surface area contributed by atoms with Crippen molar-refractivity contribution in [2.24, 2.45) is 0 Å². The molecule has 0 saturated carbocycles. The second-order valence-corrected chi connectivity index (χ2v) is 5.32. The fourth-order valence-electron chi connectivity index (χ4n) is 1.76. The van der Waals surface area contributed by atoms with Crippen LogP contribution in [-0.2, 0) is 0 Å². The average molecular weight is 266 g/mol. The maximum Gasteiger partial charge on any atom is 0.337 e. The van der Waals surface area contributed by atoms with Gasteiger partial charge in [0, 0.05) is 12.2 Å². The van der Waals surface area contributed by atoms with Crippen molar-refractivity contribution in [2.45, 2.75) is 18.9 Å². The first-order chi connectivity index (χ1) is 8.66. The number of aromatic nitrogens is 1. The molecule has 0 bridgehead atoms. The van der Waals surface area contributed by atoms with Crippen LogP contribution < -0.4 is 5.32 Å². The number of pyridine rings is 1. The highest BCUT2D eigenvalue weighted by Crippen LogP contribution is 2.17. The summed E-state index contributed by atoms with van der Waals surface area (Å²) in [5.74, 6) is 0.856. The predicted octanol–water partition coefficient (Wildman–Crippen LogP) is 1.41. The molecule has 96 valence electrons. The zero-order valence-corrected chi connectivity index (χ0v) is 10.6. The topological polar surface area (TPSA) is 79.3 Å². The summed E-state index contributed by atoms with van der Waals surface area (Å²) in [6.07, 6.45) is 3.15. The first kappa shape index (κ1) is 12.9. The van der Waals surface area contributed by atoms with Crippen LogP contribution in [0.25, 0.3) is 0 Å². The highest BCUT2D eigenvalue weighted by Gasteiger charge is 2.17. The predicted molar refractivity (Wildman–Crippen MR) is 69.0 cm³/mol. The Morgan fingerprint density at radius 3 is 2.61 bits per heavy atom. The number of carbonyl (C=O) groups excluding carboxylic acids is 1. The van der Waals surface area contributed by atoms with E-state index in [1.807, 2.05) is 11.8 Å². The molecule has 6 heteroatoms. The molecule has 5 nitrogen and oxygen atoms in total. The van der Waals surface area contributed by atoms with Crippen molar-refractivity contribution in [1.29, 1.82) is 0 Å². The fraction of sp³-hybridized carbons (Fsp3) is 0.417. The summed E-state index contributed by atoms with van der Waals surface area (Å²) >= 11 is 1.89. The molecule has 18 heavy (non-hydrogen) atoms. The van der Waals surface area contributed by atoms with E-state index in [0.717, 1.165) is 24.3 Å². The van der Waals surface area contributed by atoms with E-state index in [1.54, 1.807) is 0 Å². The van der Waals surface area contributed by atoms with Crippen LogP contribution >= 0.6 is 11.8 Å². The van der Waals surface area contributed by atoms with Crippen molar-refractivity contribution in [3.63, 3.8) is 0 Å². The van der Waals surface area contributed by atoms with E-state index in [-0.39, 0.29) is 23.2 Å². The van der Waals surface area contributed by atoms with Gasteiger partial charge in [-0.3, -0.25) is 9.78 Å². The lowest BCUT2D eigenvalue weighted by Gasteiger charge is -2.22. The first-order valence-electron chi connectivity index (χ1n) is 5.75. The summed E-state index contributed by atoms with van der Waals surface area (Å²) < 4.78 is 0. The molecule has 0 spiro atoms. The summed E-state index contributed by atoms with van der Waals surface area (Å²) in [7, 11) is 0. The fourth-order valence-corrected chi connectivity index (χ4v) is 2.86. The second-order valence-electron chi connectivity index (χ2n) is 4.10. The van der Waals surface area contributed by atoms with E-state index in [9.17, 15) is 9.59 Å². The number of nitrogens with zero attached hydrogens (tertiary/aromatic N) is 1. The van der Waals surface area contributed by atoms with Crippen LogP contribution in [0, 0.1) is 0 Å². The van der Waals surface area contributed by atoms with Crippen LogP contribution in [0.5, 0.6) is 0 Å². The number of carbonyl (C=O) groups is 2. The van der Waals surface area contributed by atoms with Gasteiger partial charge in [-0.2, -0.15) is 11.8 Å². The van der Waals surface area contributed by atoms with Gasteiger partial charge in [-0.25, -0.2) is 4.79 Å². The molecule has 0 unspecified atom stereocenters. The summed E-state index contributed by atoms with van der Waals surface area (Å²) in [5, 5.41) is 11.7. The van der Waals surface area contributed by atoms with Crippen molar-refractivity contribution in [3.8, 4) is 0 Å². The normalized spacial score (nSPS) is 16.2. The van der Waals surface area contributed by atoms with Crippen LogP contribution in [0.1, 0.15) is 33.7 Å². The minimum atomic E-state index is -1.04. The molecule has 1 amide bonds. The maximum atomic E-state index is 11.9. The van der Waals surface area contributed by atoms with Crippen molar-refractivity contribution in [2.75, 3.05) is 11.5 Å². The van der Waals surface area contributed by atoms with Crippen LogP contribution in [0.3, 0.4) is 0 Å². The standard InChI is InChI=1S/C12H14N2O3S/c15-11(14-9-3-5-18-6-4-9)10-2-1-8(7-13-10)12(16)17/h1-2,7,9H,3-6H2,(H,14,15)(H,16,17). The Kier molecular flexibility index (Phi) is 4.19. The third kappa shape index (κ3) is 3.22. The number of hydrogen-bond donors (Lipinski definition) is 2. The molecule has 0 aromatic carbocycles. The van der Waals surface area contributed by atoms with Gasteiger partial charge in [0.15, 0.2) is 0 Å². The summed E-state index contributed by atoms with van der Waals surface area (Å²) in [4.78, 5) is 26.4. The highest BCUT2D eigenvalue weighted by molar-refractivity contribution is 7.99. The molecule has 2 rings (SSSR count). The van der Waals surface area contributed by atoms with E-state index < -0.39 is 5.97 Å². The highest BCUT2D eigenvalue weighted by atomic mass is 32.2. The SMILES string of the molecule is O=C(O)c1ccc(C(=O)NC2CCSCC2)nc1. The molecule has 1 aromatic rings. The third-order valence-corrected chi connectivity index (χ3v) is 3.85. The number of aromatic carboxylic acids is 1. The molecular weight excluding hydrogens is 252 g/mol. The van der Waals surface area contributed by atoms with E-state index >= 15 is 0 Å². The summed E-state index contributed by atoms with van der Waals surface area (Å²) in [6.45, 7) is 0. The first-order valence-corrected chi connectivity index (χ1v) is 6.90. The lowest BCUT2D eigenvalue weighted by atomic mass is 10.1. The molecule has 1 saturated heterocycles. The number of carboxylic acids is 1. The molecule has 2 N–H and O–H groups in total. The molecule has 1 aromatic heterocycles. The van der Waals surface area contributed by atoms with E-state index in [0.29, 0.717) is 0 Å². The molecule has 1 fully saturated rings. The molecule has 0 radical (unpaired) electrons. The van der Waals surface area contributed by atoms with Gasteiger partial charge in [0.1, 0.15) is 5.69 Å². The number of amides is 1.